The number of rotatable bonds is 14. The van der Waals surface area contributed by atoms with Crippen molar-refractivity contribution in [2.24, 2.45) is 5.41 Å². The Morgan fingerprint density at radius 1 is 0.863 bits per heavy atom. The molecule has 388 valence electrons. The zero-order valence-corrected chi connectivity index (χ0v) is 43.3. The van der Waals surface area contributed by atoms with Crippen LogP contribution in [-0.4, -0.2) is 129 Å². The largest absolute Gasteiger partial charge is 0.453 e. The summed E-state index contributed by atoms with van der Waals surface area (Å²) < 4.78 is 57.4. The van der Waals surface area contributed by atoms with E-state index in [-0.39, 0.29) is 34.2 Å². The molecule has 4 fully saturated rings. The number of fused-ring (bicyclic) bond motifs is 1. The predicted octanol–water partition coefficient (Wildman–Crippen LogP) is 10.1. The molecular weight excluding hydrogens is 971 g/mol. The van der Waals surface area contributed by atoms with Crippen molar-refractivity contribution in [3.8, 4) is 11.5 Å². The topological polar surface area (TPSA) is 166 Å². The molecule has 3 N–H and O–H groups in total. The number of anilines is 2. The fraction of sp³-hybridized carbons (Fsp3) is 0.473. The van der Waals surface area contributed by atoms with Crippen molar-refractivity contribution in [2.75, 3.05) is 82.3 Å². The Kier molecular flexibility index (Phi) is 15.2. The molecule has 10 rings (SSSR count). The van der Waals surface area contributed by atoms with Crippen LogP contribution in [0.4, 0.5) is 21.5 Å². The molecule has 0 atom stereocenters. The number of H-pyrrole nitrogens is 1. The molecule has 3 saturated heterocycles. The standard InChI is InChI=1S/C55H66ClFN8O7S/c1-55(2)19-15-39(47(35-55)37-3-5-40(56)6-4-37)36-61-21-23-64(24-22-61)44-11-13-46(52(32-44)72-53-31-38-16-20-58-50(38)34-48(53)57)54(66)60-73(69,70)45-12-14-49(51(33-45)65(67)68)59-41-7-9-42(10-8-41)62-25-27-63(28-26-62)43-17-29-71-30-18-43/h3-6,11-14,16,20,31-34,41-43,58-59H,7-10,15,17-19,21-30,35-36H2,1-2H3,(H,60,66). The summed E-state index contributed by atoms with van der Waals surface area (Å²) >= 11 is 6.26. The Morgan fingerprint density at radius 3 is 2.26 bits per heavy atom. The summed E-state index contributed by atoms with van der Waals surface area (Å²) in [5, 5.41) is 17.2. The number of hydrogen-bond donors (Lipinski definition) is 3. The average Bonchev–Trinajstić information content (AvgIpc) is 3.85. The normalized spacial score (nSPS) is 21.8. The molecule has 0 bridgehead atoms. The van der Waals surface area contributed by atoms with Crippen LogP contribution >= 0.6 is 11.6 Å². The van der Waals surface area contributed by atoms with E-state index in [0.29, 0.717) is 46.8 Å². The number of aromatic nitrogens is 1. The first kappa shape index (κ1) is 50.9. The molecule has 73 heavy (non-hydrogen) atoms. The molecule has 0 unspecified atom stereocenters. The number of aromatic amines is 1. The van der Waals surface area contributed by atoms with E-state index in [9.17, 15) is 23.3 Å². The molecule has 4 heterocycles. The van der Waals surface area contributed by atoms with E-state index in [4.69, 9.17) is 21.1 Å². The first-order valence-electron chi connectivity index (χ1n) is 25.9. The quantitative estimate of drug-likeness (QED) is 0.0713. The molecule has 1 aromatic heterocycles. The summed E-state index contributed by atoms with van der Waals surface area (Å²) in [7, 11) is -4.65. The van der Waals surface area contributed by atoms with Crippen LogP contribution < -0.4 is 19.7 Å². The van der Waals surface area contributed by atoms with Crippen LogP contribution in [-0.2, 0) is 14.8 Å². The maximum absolute atomic E-state index is 15.6. The highest BCUT2D eigenvalue weighted by atomic mass is 35.5. The highest BCUT2D eigenvalue weighted by molar-refractivity contribution is 7.90. The van der Waals surface area contributed by atoms with Crippen LogP contribution in [0.5, 0.6) is 11.5 Å². The van der Waals surface area contributed by atoms with Crippen LogP contribution in [0.3, 0.4) is 0 Å². The van der Waals surface area contributed by atoms with E-state index in [1.807, 2.05) is 12.1 Å². The molecule has 3 aliphatic heterocycles. The van der Waals surface area contributed by atoms with Crippen molar-refractivity contribution < 1.29 is 32.0 Å². The summed E-state index contributed by atoms with van der Waals surface area (Å²) in [5.41, 5.74) is 5.16. The van der Waals surface area contributed by atoms with E-state index in [2.05, 4.69) is 60.6 Å². The fourth-order valence-corrected chi connectivity index (χ4v) is 12.8. The molecule has 2 aliphatic carbocycles. The van der Waals surface area contributed by atoms with Crippen molar-refractivity contribution >= 4 is 61.1 Å². The Balaban J connectivity index is 0.814. The van der Waals surface area contributed by atoms with Crippen molar-refractivity contribution in [3.05, 3.63) is 123 Å². The lowest BCUT2D eigenvalue weighted by molar-refractivity contribution is -0.384. The minimum atomic E-state index is -4.65. The molecule has 0 spiro atoms. The number of benzene rings is 4. The number of nitrogens with zero attached hydrogens (tertiary/aromatic N) is 5. The van der Waals surface area contributed by atoms with Crippen molar-refractivity contribution in [2.45, 2.75) is 94.7 Å². The minimum Gasteiger partial charge on any atom is -0.453 e. The van der Waals surface area contributed by atoms with Crippen LogP contribution in [0, 0.1) is 21.3 Å². The smallest absolute Gasteiger partial charge is 0.293 e. The second-order valence-corrected chi connectivity index (χ2v) is 23.4. The molecule has 5 aromatic rings. The van der Waals surface area contributed by atoms with Gasteiger partial charge in [0.2, 0.25) is 0 Å². The Hall–Kier alpha value is -5.56. The minimum absolute atomic E-state index is 0.0188. The average molecular weight is 1040 g/mol. The monoisotopic (exact) mass is 1040 g/mol. The molecule has 5 aliphatic rings. The van der Waals surface area contributed by atoms with Gasteiger partial charge < -0.3 is 24.7 Å². The SMILES string of the molecule is CC1(C)CCC(CN2CCN(c3ccc(C(=O)NS(=O)(=O)c4ccc(NC5CCC(N6CCN(C7CCOCC7)CC6)CC5)c([N+](=O)[O-])c4)c(Oc4cc5cc[nH]c5cc4F)c3)CC2)=C(c2ccc(Cl)cc2)C1. The number of piperazine rings is 2. The van der Waals surface area contributed by atoms with Gasteiger partial charge in [0, 0.05) is 136 Å². The number of hydrogen-bond acceptors (Lipinski definition) is 12. The second-order valence-electron chi connectivity index (χ2n) is 21.3. The molecule has 0 radical (unpaired) electrons. The lowest BCUT2D eigenvalue weighted by atomic mass is 9.72. The number of amides is 1. The summed E-state index contributed by atoms with van der Waals surface area (Å²) in [6, 6.07) is 22.2. The summed E-state index contributed by atoms with van der Waals surface area (Å²) in [6.45, 7) is 14.2. The number of nitrogens with one attached hydrogen (secondary N) is 3. The Labute approximate surface area is 432 Å². The number of carbonyl (C=O) groups is 1. The first-order valence-corrected chi connectivity index (χ1v) is 27.7. The van der Waals surface area contributed by atoms with Crippen molar-refractivity contribution in [1.29, 1.82) is 0 Å². The van der Waals surface area contributed by atoms with E-state index < -0.39 is 37.3 Å². The second kappa shape index (κ2) is 21.7. The third-order valence-electron chi connectivity index (χ3n) is 15.9. The maximum Gasteiger partial charge on any atom is 0.293 e. The van der Waals surface area contributed by atoms with Gasteiger partial charge in [0.05, 0.1) is 15.4 Å². The van der Waals surface area contributed by atoms with Gasteiger partial charge in [0.15, 0.2) is 11.6 Å². The van der Waals surface area contributed by atoms with Gasteiger partial charge in [-0.05, 0) is 123 Å². The molecule has 4 aromatic carbocycles. The third kappa shape index (κ3) is 11.9. The number of carbonyl (C=O) groups excluding carboxylic acids is 1. The van der Waals surface area contributed by atoms with Gasteiger partial charge in [-0.25, -0.2) is 17.5 Å². The van der Waals surface area contributed by atoms with E-state index in [1.54, 1.807) is 24.4 Å². The van der Waals surface area contributed by atoms with E-state index in [0.717, 1.165) is 123 Å². The first-order chi connectivity index (χ1) is 35.1. The molecule has 18 heteroatoms. The zero-order valence-electron chi connectivity index (χ0n) is 41.7. The lowest BCUT2D eigenvalue weighted by Gasteiger charge is -2.45. The van der Waals surface area contributed by atoms with E-state index >= 15 is 4.39 Å². The van der Waals surface area contributed by atoms with Gasteiger partial charge in [-0.15, -0.1) is 0 Å². The van der Waals surface area contributed by atoms with Crippen LogP contribution in [0.15, 0.2) is 95.5 Å². The van der Waals surface area contributed by atoms with Gasteiger partial charge in [-0.3, -0.25) is 29.6 Å². The Bertz CT molecular complexity index is 2960. The Morgan fingerprint density at radius 2 is 1.56 bits per heavy atom. The summed E-state index contributed by atoms with van der Waals surface area (Å²) in [4.78, 5) is 38.3. The van der Waals surface area contributed by atoms with E-state index in [1.165, 1.54) is 47.0 Å². The third-order valence-corrected chi connectivity index (χ3v) is 17.5. The van der Waals surface area contributed by atoms with Crippen LogP contribution in [0.1, 0.15) is 87.6 Å². The van der Waals surface area contributed by atoms with Gasteiger partial charge in [-0.2, -0.15) is 0 Å². The number of halogens is 2. The van der Waals surface area contributed by atoms with Crippen molar-refractivity contribution in [1.82, 2.24) is 24.4 Å². The summed E-state index contributed by atoms with van der Waals surface area (Å²) in [5.74, 6) is -1.93. The van der Waals surface area contributed by atoms with Gasteiger partial charge in [0.25, 0.3) is 21.6 Å². The number of ether oxygens (including phenoxy) is 2. The van der Waals surface area contributed by atoms with Gasteiger partial charge >= 0.3 is 0 Å². The highest BCUT2D eigenvalue weighted by Crippen LogP contribution is 2.44. The number of allylic oxidation sites excluding steroid dienone is 1. The van der Waals surface area contributed by atoms with Gasteiger partial charge in [0.1, 0.15) is 11.4 Å². The molecule has 15 nitrogen and oxygen atoms in total. The van der Waals surface area contributed by atoms with Crippen molar-refractivity contribution in [3.63, 3.8) is 0 Å². The fourth-order valence-electron chi connectivity index (χ4n) is 11.6. The number of nitro benzene ring substituents is 1. The molecule has 1 saturated carbocycles. The molecule has 1 amide bonds. The van der Waals surface area contributed by atoms with Crippen LogP contribution in [0.25, 0.3) is 16.5 Å². The lowest BCUT2D eigenvalue weighted by Crippen LogP contribution is -2.54. The van der Waals surface area contributed by atoms with Crippen LogP contribution in [0.2, 0.25) is 5.02 Å². The number of nitro groups is 1. The zero-order chi connectivity index (χ0) is 50.9. The highest BCUT2D eigenvalue weighted by Gasteiger charge is 2.34. The van der Waals surface area contributed by atoms with Gasteiger partial charge in [-0.1, -0.05) is 43.2 Å². The molecular formula is C55H66ClFN8O7S. The predicted molar refractivity (Wildman–Crippen MR) is 284 cm³/mol. The maximum atomic E-state index is 15.6. The number of sulfonamides is 1. The summed E-state index contributed by atoms with van der Waals surface area (Å²) in [6.07, 6.45) is 10.6.